The molecule has 0 atom stereocenters. The normalized spacial score (nSPS) is 18.9. The van der Waals surface area contributed by atoms with Crippen molar-refractivity contribution >= 4 is 45.9 Å². The highest BCUT2D eigenvalue weighted by Crippen LogP contribution is 2.28. The van der Waals surface area contributed by atoms with Crippen molar-refractivity contribution in [2.45, 2.75) is 49.8 Å². The number of benzene rings is 1. The fourth-order valence-corrected chi connectivity index (χ4v) is 4.60. The van der Waals surface area contributed by atoms with Gasteiger partial charge in [-0.25, -0.2) is 9.97 Å². The predicted molar refractivity (Wildman–Crippen MR) is 122 cm³/mol. The Morgan fingerprint density at radius 1 is 1.10 bits per heavy atom. The van der Waals surface area contributed by atoms with Crippen molar-refractivity contribution in [1.82, 2.24) is 20.3 Å². The van der Waals surface area contributed by atoms with Crippen LogP contribution in [0.15, 0.2) is 47.9 Å². The van der Waals surface area contributed by atoms with Gasteiger partial charge in [0, 0.05) is 46.3 Å². The number of pyridine rings is 1. The average Bonchev–Trinajstić information content (AvgIpc) is 2.74. The largest absolute Gasteiger partial charge is 0.382 e. The highest BCUT2D eigenvalue weighted by atomic mass is 35.5. The first-order valence-corrected chi connectivity index (χ1v) is 11.5. The van der Waals surface area contributed by atoms with E-state index in [1.165, 1.54) is 11.8 Å². The molecule has 3 aromatic rings. The Hall–Kier alpha value is -2.38. The molecule has 1 fully saturated rings. The third-order valence-corrected chi connectivity index (χ3v) is 6.36. The lowest BCUT2D eigenvalue weighted by atomic mass is 9.91. The maximum atomic E-state index is 12.3. The predicted octanol–water partition coefficient (Wildman–Crippen LogP) is 4.62. The van der Waals surface area contributed by atoms with Gasteiger partial charge in [0.2, 0.25) is 5.91 Å². The van der Waals surface area contributed by atoms with Gasteiger partial charge in [0.05, 0.1) is 11.3 Å². The number of thioether (sulfide) groups is 1. The van der Waals surface area contributed by atoms with Gasteiger partial charge in [-0.05, 0) is 62.9 Å². The quantitative estimate of drug-likeness (QED) is 0.429. The van der Waals surface area contributed by atoms with E-state index in [0.29, 0.717) is 22.0 Å². The van der Waals surface area contributed by atoms with Gasteiger partial charge in [0.15, 0.2) is 5.16 Å². The Morgan fingerprint density at radius 3 is 2.67 bits per heavy atom. The summed E-state index contributed by atoms with van der Waals surface area (Å²) < 4.78 is 0. The Bertz CT molecular complexity index is 1040. The lowest BCUT2D eigenvalue weighted by molar-refractivity contribution is -0.119. The van der Waals surface area contributed by atoms with Gasteiger partial charge >= 0.3 is 0 Å². The van der Waals surface area contributed by atoms with E-state index in [0.717, 1.165) is 48.0 Å². The van der Waals surface area contributed by atoms with Crippen LogP contribution < -0.4 is 10.6 Å². The topological polar surface area (TPSA) is 79.8 Å². The van der Waals surface area contributed by atoms with Crippen LogP contribution in [0.2, 0.25) is 5.02 Å². The standard InChI is InChI=1S/C22H24ClN5OS/c1-14-8-10-25-22(26-14)30-13-21(29)28-17-5-3-16(4-6-17)27-19-9-11-24-20-12-15(23)2-7-18(19)20/h2,7-12,16-17H,3-6,13H2,1H3,(H,24,27)(H,28,29). The molecule has 1 saturated carbocycles. The molecule has 0 saturated heterocycles. The molecule has 2 aromatic heterocycles. The Balaban J connectivity index is 1.25. The molecule has 0 bridgehead atoms. The molecule has 0 radical (unpaired) electrons. The zero-order chi connectivity index (χ0) is 20.9. The molecule has 0 aliphatic heterocycles. The van der Waals surface area contributed by atoms with E-state index in [4.69, 9.17) is 11.6 Å². The van der Waals surface area contributed by atoms with E-state index < -0.39 is 0 Å². The third-order valence-electron chi connectivity index (χ3n) is 5.26. The SMILES string of the molecule is Cc1ccnc(SCC(=O)NC2CCC(Nc3ccnc4cc(Cl)ccc34)CC2)n1. The van der Waals surface area contributed by atoms with Crippen LogP contribution in [0.25, 0.3) is 10.9 Å². The molecule has 6 nitrogen and oxygen atoms in total. The van der Waals surface area contributed by atoms with Crippen LogP contribution in [0.5, 0.6) is 0 Å². The second-order valence-electron chi connectivity index (χ2n) is 7.55. The van der Waals surface area contributed by atoms with Crippen molar-refractivity contribution < 1.29 is 4.79 Å². The number of anilines is 1. The zero-order valence-corrected chi connectivity index (χ0v) is 18.3. The molecule has 2 heterocycles. The molecule has 156 valence electrons. The summed E-state index contributed by atoms with van der Waals surface area (Å²) in [6, 6.07) is 10.2. The van der Waals surface area contributed by atoms with Crippen LogP contribution in [-0.2, 0) is 4.79 Å². The number of fused-ring (bicyclic) bond motifs is 1. The van der Waals surface area contributed by atoms with E-state index in [2.05, 4.69) is 25.6 Å². The first kappa shape index (κ1) is 20.9. The molecule has 4 rings (SSSR count). The Morgan fingerprint density at radius 2 is 1.87 bits per heavy atom. The van der Waals surface area contributed by atoms with E-state index >= 15 is 0 Å². The van der Waals surface area contributed by atoms with Crippen LogP contribution in [0.1, 0.15) is 31.4 Å². The minimum atomic E-state index is 0.0403. The lowest BCUT2D eigenvalue weighted by Crippen LogP contribution is -2.40. The van der Waals surface area contributed by atoms with Crippen molar-refractivity contribution in [2.75, 3.05) is 11.1 Å². The minimum absolute atomic E-state index is 0.0403. The summed E-state index contributed by atoms with van der Waals surface area (Å²) in [6.45, 7) is 1.92. The van der Waals surface area contributed by atoms with Gasteiger partial charge in [-0.2, -0.15) is 0 Å². The highest BCUT2D eigenvalue weighted by molar-refractivity contribution is 7.99. The van der Waals surface area contributed by atoms with Crippen molar-refractivity contribution in [3.8, 4) is 0 Å². The number of aromatic nitrogens is 3. The summed E-state index contributed by atoms with van der Waals surface area (Å²) >= 11 is 7.45. The number of carbonyl (C=O) groups excluding carboxylic acids is 1. The second-order valence-corrected chi connectivity index (χ2v) is 8.93. The Labute approximate surface area is 185 Å². The van der Waals surface area contributed by atoms with Gasteiger partial charge in [0.25, 0.3) is 0 Å². The van der Waals surface area contributed by atoms with Gasteiger partial charge in [-0.1, -0.05) is 23.4 Å². The molecule has 30 heavy (non-hydrogen) atoms. The molecule has 1 aromatic carbocycles. The summed E-state index contributed by atoms with van der Waals surface area (Å²) in [7, 11) is 0. The second kappa shape index (κ2) is 9.62. The zero-order valence-electron chi connectivity index (χ0n) is 16.8. The van der Waals surface area contributed by atoms with Crippen LogP contribution in [0, 0.1) is 6.92 Å². The van der Waals surface area contributed by atoms with Crippen LogP contribution in [0.3, 0.4) is 0 Å². The summed E-state index contributed by atoms with van der Waals surface area (Å²) in [6.07, 6.45) is 7.47. The molecular formula is C22H24ClN5OS. The van der Waals surface area contributed by atoms with Gasteiger partial charge in [-0.3, -0.25) is 9.78 Å². The van der Waals surface area contributed by atoms with Crippen LogP contribution in [0.4, 0.5) is 5.69 Å². The number of rotatable bonds is 6. The number of hydrogen-bond donors (Lipinski definition) is 2. The Kier molecular flexibility index (Phi) is 6.69. The van der Waals surface area contributed by atoms with E-state index in [9.17, 15) is 4.79 Å². The summed E-state index contributed by atoms with van der Waals surface area (Å²) in [5, 5.41) is 9.22. The smallest absolute Gasteiger partial charge is 0.230 e. The summed E-state index contributed by atoms with van der Waals surface area (Å²) in [5.41, 5.74) is 2.88. The molecule has 1 aliphatic rings. The third kappa shape index (κ3) is 5.40. The van der Waals surface area contributed by atoms with Crippen molar-refractivity contribution in [3.63, 3.8) is 0 Å². The maximum Gasteiger partial charge on any atom is 0.230 e. The van der Waals surface area contributed by atoms with E-state index in [1.54, 1.807) is 6.20 Å². The first-order valence-electron chi connectivity index (χ1n) is 10.1. The van der Waals surface area contributed by atoms with Crippen LogP contribution in [-0.4, -0.2) is 38.7 Å². The molecule has 0 spiro atoms. The number of halogens is 1. The number of carbonyl (C=O) groups is 1. The number of nitrogens with one attached hydrogen (secondary N) is 2. The number of nitrogens with zero attached hydrogens (tertiary/aromatic N) is 3. The molecule has 8 heteroatoms. The molecule has 2 N–H and O–H groups in total. The van der Waals surface area contributed by atoms with Crippen molar-refractivity contribution in [3.05, 3.63) is 53.4 Å². The van der Waals surface area contributed by atoms with Crippen LogP contribution >= 0.6 is 23.4 Å². The molecular weight excluding hydrogens is 418 g/mol. The first-order chi connectivity index (χ1) is 14.6. The van der Waals surface area contributed by atoms with Gasteiger partial charge < -0.3 is 10.6 Å². The minimum Gasteiger partial charge on any atom is -0.382 e. The van der Waals surface area contributed by atoms with Gasteiger partial charge in [-0.15, -0.1) is 0 Å². The summed E-state index contributed by atoms with van der Waals surface area (Å²) in [5.74, 6) is 0.381. The summed E-state index contributed by atoms with van der Waals surface area (Å²) in [4.78, 5) is 25.2. The van der Waals surface area contributed by atoms with Gasteiger partial charge in [0.1, 0.15) is 0 Å². The molecule has 0 unspecified atom stereocenters. The fraction of sp³-hybridized carbons (Fsp3) is 0.364. The van der Waals surface area contributed by atoms with Crippen molar-refractivity contribution in [1.29, 1.82) is 0 Å². The maximum absolute atomic E-state index is 12.3. The number of amides is 1. The lowest BCUT2D eigenvalue weighted by Gasteiger charge is -2.30. The molecule has 1 amide bonds. The van der Waals surface area contributed by atoms with E-state index in [1.807, 2.05) is 43.5 Å². The monoisotopic (exact) mass is 441 g/mol. The molecule has 1 aliphatic carbocycles. The van der Waals surface area contributed by atoms with E-state index in [-0.39, 0.29) is 11.9 Å². The fourth-order valence-electron chi connectivity index (χ4n) is 3.74. The highest BCUT2D eigenvalue weighted by Gasteiger charge is 2.23. The van der Waals surface area contributed by atoms with Crippen molar-refractivity contribution in [2.24, 2.45) is 0 Å². The number of hydrogen-bond acceptors (Lipinski definition) is 6. The average molecular weight is 442 g/mol. The number of aryl methyl sites for hydroxylation is 1.